The van der Waals surface area contributed by atoms with Gasteiger partial charge >= 0.3 is 0 Å². The Kier molecular flexibility index (Phi) is 2.65. The predicted octanol–water partition coefficient (Wildman–Crippen LogP) is 2.84. The zero-order valence-electron chi connectivity index (χ0n) is 8.24. The lowest BCUT2D eigenvalue weighted by Gasteiger charge is -2.23. The van der Waals surface area contributed by atoms with Crippen LogP contribution in [-0.4, -0.2) is 18.0 Å². The van der Waals surface area contributed by atoms with Gasteiger partial charge in [0.2, 0.25) is 0 Å². The summed E-state index contributed by atoms with van der Waals surface area (Å²) in [5.74, 6) is 0. The van der Waals surface area contributed by atoms with E-state index in [0.717, 1.165) is 0 Å². The summed E-state index contributed by atoms with van der Waals surface area (Å²) >= 11 is 0. The lowest BCUT2D eigenvalue weighted by Crippen LogP contribution is -2.22. The Morgan fingerprint density at radius 3 is 2.31 bits per heavy atom. The first-order chi connectivity index (χ1) is 6.38. The summed E-state index contributed by atoms with van der Waals surface area (Å²) in [5, 5.41) is 0. The molecule has 1 aromatic rings. The van der Waals surface area contributed by atoms with Gasteiger partial charge in [-0.2, -0.15) is 0 Å². The minimum absolute atomic E-state index is 0.601. The quantitative estimate of drug-likeness (QED) is 0.668. The highest BCUT2D eigenvalue weighted by Gasteiger charge is 2.18. The lowest BCUT2D eigenvalue weighted by atomic mass is 10.1. The van der Waals surface area contributed by atoms with E-state index in [1.165, 1.54) is 31.5 Å². The second kappa shape index (κ2) is 3.93. The van der Waals surface area contributed by atoms with E-state index >= 15 is 0 Å². The van der Waals surface area contributed by atoms with E-state index in [1.54, 1.807) is 0 Å². The van der Waals surface area contributed by atoms with E-state index in [1.807, 2.05) is 0 Å². The molecular formula is C12H17N. The topological polar surface area (TPSA) is 3.24 Å². The maximum absolute atomic E-state index is 2.56. The third kappa shape index (κ3) is 1.92. The van der Waals surface area contributed by atoms with Crippen molar-refractivity contribution in [3.8, 4) is 0 Å². The van der Waals surface area contributed by atoms with Crippen LogP contribution in [-0.2, 0) is 0 Å². The standard InChI is InChI=1S/C12H17N/c1-11(13-9-5-6-10-13)12-7-3-2-4-8-12/h2-4,7-8,11H,5-6,9-10H2,1H3/t11-/m0/s1. The van der Waals surface area contributed by atoms with Crippen molar-refractivity contribution in [3.63, 3.8) is 0 Å². The van der Waals surface area contributed by atoms with Crippen LogP contribution < -0.4 is 0 Å². The van der Waals surface area contributed by atoms with Crippen LogP contribution in [0.3, 0.4) is 0 Å². The van der Waals surface area contributed by atoms with Gasteiger partial charge in [0.15, 0.2) is 0 Å². The van der Waals surface area contributed by atoms with Crippen LogP contribution in [0.4, 0.5) is 0 Å². The lowest BCUT2D eigenvalue weighted by molar-refractivity contribution is 0.263. The van der Waals surface area contributed by atoms with Crippen molar-refractivity contribution >= 4 is 0 Å². The average Bonchev–Trinajstić information content (AvgIpc) is 2.71. The fraction of sp³-hybridized carbons (Fsp3) is 0.500. The molecule has 1 fully saturated rings. The average molecular weight is 175 g/mol. The fourth-order valence-electron chi connectivity index (χ4n) is 2.07. The van der Waals surface area contributed by atoms with Gasteiger partial charge in [-0.05, 0) is 38.4 Å². The van der Waals surface area contributed by atoms with Crippen LogP contribution >= 0.6 is 0 Å². The molecule has 1 aliphatic rings. The second-order valence-electron chi connectivity index (χ2n) is 3.83. The summed E-state index contributed by atoms with van der Waals surface area (Å²) in [5.41, 5.74) is 1.45. The number of benzene rings is 1. The van der Waals surface area contributed by atoms with E-state index in [-0.39, 0.29) is 0 Å². The number of rotatable bonds is 2. The molecule has 0 spiro atoms. The molecule has 0 aromatic heterocycles. The van der Waals surface area contributed by atoms with E-state index in [4.69, 9.17) is 0 Å². The molecule has 1 aliphatic heterocycles. The van der Waals surface area contributed by atoms with Crippen molar-refractivity contribution in [2.24, 2.45) is 0 Å². The Hall–Kier alpha value is -0.820. The molecule has 1 saturated heterocycles. The molecule has 0 bridgehead atoms. The van der Waals surface area contributed by atoms with Gasteiger partial charge in [-0.25, -0.2) is 0 Å². The molecule has 70 valence electrons. The summed E-state index contributed by atoms with van der Waals surface area (Å²) in [6.07, 6.45) is 2.74. The molecule has 0 N–H and O–H groups in total. The van der Waals surface area contributed by atoms with Crippen LogP contribution in [0.1, 0.15) is 31.4 Å². The van der Waals surface area contributed by atoms with Gasteiger partial charge < -0.3 is 0 Å². The maximum Gasteiger partial charge on any atom is 0.0319 e. The first-order valence-corrected chi connectivity index (χ1v) is 5.17. The van der Waals surface area contributed by atoms with Gasteiger partial charge in [0, 0.05) is 6.04 Å². The van der Waals surface area contributed by atoms with Gasteiger partial charge in [-0.1, -0.05) is 30.3 Å². The highest BCUT2D eigenvalue weighted by molar-refractivity contribution is 5.18. The molecule has 1 atom stereocenters. The smallest absolute Gasteiger partial charge is 0.0319 e. The Balaban J connectivity index is 2.08. The van der Waals surface area contributed by atoms with E-state index in [9.17, 15) is 0 Å². The van der Waals surface area contributed by atoms with Crippen LogP contribution in [0.5, 0.6) is 0 Å². The molecule has 1 heterocycles. The number of hydrogen-bond acceptors (Lipinski definition) is 1. The first kappa shape index (κ1) is 8.76. The molecule has 1 heteroatoms. The molecule has 0 aliphatic carbocycles. The fourth-order valence-corrected chi connectivity index (χ4v) is 2.07. The van der Waals surface area contributed by atoms with Crippen LogP contribution in [0, 0.1) is 0 Å². The normalized spacial score (nSPS) is 20.4. The van der Waals surface area contributed by atoms with Crippen molar-refractivity contribution in [1.82, 2.24) is 4.90 Å². The molecule has 13 heavy (non-hydrogen) atoms. The maximum atomic E-state index is 2.56. The Morgan fingerprint density at radius 2 is 1.69 bits per heavy atom. The summed E-state index contributed by atoms with van der Waals surface area (Å²) in [7, 11) is 0. The van der Waals surface area contributed by atoms with Crippen LogP contribution in [0.15, 0.2) is 30.3 Å². The molecule has 1 aromatic carbocycles. The third-order valence-electron chi connectivity index (χ3n) is 2.97. The third-order valence-corrected chi connectivity index (χ3v) is 2.97. The van der Waals surface area contributed by atoms with E-state index in [2.05, 4.69) is 42.2 Å². The van der Waals surface area contributed by atoms with Crippen molar-refractivity contribution in [3.05, 3.63) is 35.9 Å². The van der Waals surface area contributed by atoms with Gasteiger partial charge in [0.1, 0.15) is 0 Å². The van der Waals surface area contributed by atoms with Gasteiger partial charge in [-0.15, -0.1) is 0 Å². The minimum atomic E-state index is 0.601. The summed E-state index contributed by atoms with van der Waals surface area (Å²) < 4.78 is 0. The molecule has 2 rings (SSSR count). The molecule has 1 nitrogen and oxygen atoms in total. The van der Waals surface area contributed by atoms with Crippen LogP contribution in [0.25, 0.3) is 0 Å². The minimum Gasteiger partial charge on any atom is -0.297 e. The zero-order valence-corrected chi connectivity index (χ0v) is 8.24. The van der Waals surface area contributed by atoms with E-state index in [0.29, 0.717) is 6.04 Å². The zero-order chi connectivity index (χ0) is 9.10. The number of nitrogens with zero attached hydrogens (tertiary/aromatic N) is 1. The predicted molar refractivity (Wildman–Crippen MR) is 55.7 cm³/mol. The van der Waals surface area contributed by atoms with Gasteiger partial charge in [0.05, 0.1) is 0 Å². The summed E-state index contributed by atoms with van der Waals surface area (Å²) in [6.45, 7) is 4.85. The Labute approximate surface area is 80.4 Å². The molecular weight excluding hydrogens is 158 g/mol. The molecule has 0 radical (unpaired) electrons. The first-order valence-electron chi connectivity index (χ1n) is 5.17. The highest BCUT2D eigenvalue weighted by atomic mass is 15.2. The number of likely N-dealkylation sites (tertiary alicyclic amines) is 1. The summed E-state index contributed by atoms with van der Waals surface area (Å²) in [6, 6.07) is 11.4. The van der Waals surface area contributed by atoms with Gasteiger partial charge in [-0.3, -0.25) is 4.90 Å². The van der Waals surface area contributed by atoms with E-state index < -0.39 is 0 Å². The molecule has 0 amide bonds. The number of hydrogen-bond donors (Lipinski definition) is 0. The Bertz CT molecular complexity index is 249. The van der Waals surface area contributed by atoms with Crippen LogP contribution in [0.2, 0.25) is 0 Å². The van der Waals surface area contributed by atoms with Crippen molar-refractivity contribution in [2.45, 2.75) is 25.8 Å². The second-order valence-corrected chi connectivity index (χ2v) is 3.83. The molecule has 0 unspecified atom stereocenters. The SMILES string of the molecule is C[C@@H](c1ccccc1)N1CCCC1. The van der Waals surface area contributed by atoms with Crippen molar-refractivity contribution in [1.29, 1.82) is 0 Å². The Morgan fingerprint density at radius 1 is 1.08 bits per heavy atom. The molecule has 0 saturated carbocycles. The summed E-state index contributed by atoms with van der Waals surface area (Å²) in [4.78, 5) is 2.56. The highest BCUT2D eigenvalue weighted by Crippen LogP contribution is 2.23. The largest absolute Gasteiger partial charge is 0.297 e. The monoisotopic (exact) mass is 175 g/mol. The van der Waals surface area contributed by atoms with Crippen molar-refractivity contribution in [2.75, 3.05) is 13.1 Å². The van der Waals surface area contributed by atoms with Gasteiger partial charge in [0.25, 0.3) is 0 Å². The van der Waals surface area contributed by atoms with Crippen molar-refractivity contribution < 1.29 is 0 Å².